The number of hydrogen-bond donors (Lipinski definition) is 0. The van der Waals surface area contributed by atoms with Crippen LogP contribution in [0, 0.1) is 26.6 Å². The second kappa shape index (κ2) is 9.07. The SMILES string of the molecule is Cc1ccc(C)c(OCC(=O)N2CCCN(C(=O)c3ccccc3F)CC2)c1C. The number of nitrogens with zero attached hydrogens (tertiary/aromatic N) is 2. The molecule has 1 aliphatic heterocycles. The quantitative estimate of drug-likeness (QED) is 0.792. The molecule has 5 nitrogen and oxygen atoms in total. The first-order valence-electron chi connectivity index (χ1n) is 9.89. The van der Waals surface area contributed by atoms with E-state index in [-0.39, 0.29) is 24.0 Å². The molecule has 0 N–H and O–H groups in total. The van der Waals surface area contributed by atoms with E-state index in [0.717, 1.165) is 22.4 Å². The summed E-state index contributed by atoms with van der Waals surface area (Å²) in [4.78, 5) is 28.6. The highest BCUT2D eigenvalue weighted by molar-refractivity contribution is 5.94. The van der Waals surface area contributed by atoms with Gasteiger partial charge in [0.15, 0.2) is 6.61 Å². The van der Waals surface area contributed by atoms with E-state index in [0.29, 0.717) is 32.6 Å². The summed E-state index contributed by atoms with van der Waals surface area (Å²) < 4.78 is 19.8. The molecule has 0 bridgehead atoms. The monoisotopic (exact) mass is 398 g/mol. The maximum Gasteiger partial charge on any atom is 0.260 e. The molecule has 1 saturated heterocycles. The van der Waals surface area contributed by atoms with Crippen molar-refractivity contribution in [3.63, 3.8) is 0 Å². The lowest BCUT2D eigenvalue weighted by Gasteiger charge is -2.23. The van der Waals surface area contributed by atoms with Crippen molar-refractivity contribution in [3.05, 3.63) is 64.5 Å². The van der Waals surface area contributed by atoms with Crippen LogP contribution in [-0.2, 0) is 4.79 Å². The number of carbonyl (C=O) groups is 2. The van der Waals surface area contributed by atoms with Crippen LogP contribution in [0.15, 0.2) is 36.4 Å². The number of rotatable bonds is 4. The first kappa shape index (κ1) is 20.8. The first-order valence-corrected chi connectivity index (χ1v) is 9.89. The maximum absolute atomic E-state index is 13.9. The third-order valence-corrected chi connectivity index (χ3v) is 5.45. The second-order valence-corrected chi connectivity index (χ2v) is 7.45. The number of benzene rings is 2. The van der Waals surface area contributed by atoms with Gasteiger partial charge in [0.2, 0.25) is 0 Å². The zero-order valence-electron chi connectivity index (χ0n) is 17.2. The lowest BCUT2D eigenvalue weighted by atomic mass is 10.1. The largest absolute Gasteiger partial charge is 0.483 e. The molecule has 0 aliphatic carbocycles. The molecule has 29 heavy (non-hydrogen) atoms. The number of amides is 2. The molecular weight excluding hydrogens is 371 g/mol. The van der Waals surface area contributed by atoms with E-state index in [2.05, 4.69) is 0 Å². The predicted molar refractivity (Wildman–Crippen MR) is 110 cm³/mol. The topological polar surface area (TPSA) is 49.9 Å². The predicted octanol–water partition coefficient (Wildman–Crippen LogP) is 3.50. The second-order valence-electron chi connectivity index (χ2n) is 7.45. The van der Waals surface area contributed by atoms with Gasteiger partial charge in [-0.25, -0.2) is 4.39 Å². The Labute approximate surface area is 171 Å². The highest BCUT2D eigenvalue weighted by Gasteiger charge is 2.24. The van der Waals surface area contributed by atoms with E-state index in [4.69, 9.17) is 4.74 Å². The standard InChI is InChI=1S/C23H27FN2O3/c1-16-9-10-17(2)22(18(16)3)29-15-21(27)25-11-6-12-26(14-13-25)23(28)19-7-4-5-8-20(19)24/h4-5,7-10H,6,11-15H2,1-3H3. The lowest BCUT2D eigenvalue weighted by Crippen LogP contribution is -2.39. The molecule has 1 fully saturated rings. The Morgan fingerprint density at radius 1 is 0.931 bits per heavy atom. The van der Waals surface area contributed by atoms with Crippen LogP contribution in [0.2, 0.25) is 0 Å². The Balaban J connectivity index is 1.59. The summed E-state index contributed by atoms with van der Waals surface area (Å²) in [6.07, 6.45) is 0.647. The summed E-state index contributed by atoms with van der Waals surface area (Å²) in [6, 6.07) is 10.0. The highest BCUT2D eigenvalue weighted by atomic mass is 19.1. The van der Waals surface area contributed by atoms with Crippen molar-refractivity contribution < 1.29 is 18.7 Å². The maximum atomic E-state index is 13.9. The fourth-order valence-corrected chi connectivity index (χ4v) is 3.55. The van der Waals surface area contributed by atoms with Crippen molar-refractivity contribution in [2.75, 3.05) is 32.8 Å². The van der Waals surface area contributed by atoms with Gasteiger partial charge in [-0.2, -0.15) is 0 Å². The summed E-state index contributed by atoms with van der Waals surface area (Å²) in [7, 11) is 0. The number of carbonyl (C=O) groups excluding carboxylic acids is 2. The van der Waals surface area contributed by atoms with Gasteiger partial charge in [-0.05, 0) is 56.0 Å². The Bertz CT molecular complexity index is 913. The van der Waals surface area contributed by atoms with Crippen LogP contribution in [0.1, 0.15) is 33.5 Å². The number of hydrogen-bond acceptors (Lipinski definition) is 3. The Kier molecular flexibility index (Phi) is 6.52. The Morgan fingerprint density at radius 2 is 1.59 bits per heavy atom. The van der Waals surface area contributed by atoms with E-state index < -0.39 is 5.82 Å². The number of halogens is 1. The van der Waals surface area contributed by atoms with Gasteiger partial charge in [-0.3, -0.25) is 9.59 Å². The summed E-state index contributed by atoms with van der Waals surface area (Å²) in [5.74, 6) is -0.207. The smallest absolute Gasteiger partial charge is 0.260 e. The zero-order valence-corrected chi connectivity index (χ0v) is 17.2. The molecule has 3 rings (SSSR count). The molecule has 1 aliphatic rings. The molecule has 0 spiro atoms. The van der Waals surface area contributed by atoms with Crippen LogP contribution in [0.5, 0.6) is 5.75 Å². The van der Waals surface area contributed by atoms with E-state index >= 15 is 0 Å². The van der Waals surface area contributed by atoms with Gasteiger partial charge < -0.3 is 14.5 Å². The van der Waals surface area contributed by atoms with Gasteiger partial charge in [0, 0.05) is 26.2 Å². The van der Waals surface area contributed by atoms with Crippen molar-refractivity contribution in [2.24, 2.45) is 0 Å². The third-order valence-electron chi connectivity index (χ3n) is 5.45. The minimum absolute atomic E-state index is 0.0353. The molecule has 2 aromatic rings. The number of aryl methyl sites for hydroxylation is 2. The molecule has 0 saturated carbocycles. The molecule has 0 aromatic heterocycles. The Hall–Kier alpha value is -2.89. The normalized spacial score (nSPS) is 14.5. The summed E-state index contributed by atoms with van der Waals surface area (Å²) in [5.41, 5.74) is 3.23. The van der Waals surface area contributed by atoms with Crippen LogP contribution in [-0.4, -0.2) is 54.4 Å². The molecule has 0 radical (unpaired) electrons. The van der Waals surface area contributed by atoms with Crippen molar-refractivity contribution in [3.8, 4) is 5.75 Å². The molecular formula is C23H27FN2O3. The molecule has 6 heteroatoms. The van der Waals surface area contributed by atoms with Gasteiger partial charge in [0.25, 0.3) is 11.8 Å². The van der Waals surface area contributed by atoms with Crippen LogP contribution in [0.4, 0.5) is 4.39 Å². The van der Waals surface area contributed by atoms with Crippen molar-refractivity contribution in [1.82, 2.24) is 9.80 Å². The van der Waals surface area contributed by atoms with Crippen molar-refractivity contribution in [2.45, 2.75) is 27.2 Å². The molecule has 2 aromatic carbocycles. The van der Waals surface area contributed by atoms with Crippen molar-refractivity contribution >= 4 is 11.8 Å². The van der Waals surface area contributed by atoms with Crippen LogP contribution in [0.25, 0.3) is 0 Å². The first-order chi connectivity index (χ1) is 13.9. The molecule has 1 heterocycles. The van der Waals surface area contributed by atoms with Crippen molar-refractivity contribution in [1.29, 1.82) is 0 Å². The molecule has 154 valence electrons. The van der Waals surface area contributed by atoms with Gasteiger partial charge >= 0.3 is 0 Å². The minimum atomic E-state index is -0.521. The molecule has 0 unspecified atom stereocenters. The van der Waals surface area contributed by atoms with Crippen LogP contribution < -0.4 is 4.74 Å². The van der Waals surface area contributed by atoms with Gasteiger partial charge in [0.1, 0.15) is 11.6 Å². The summed E-state index contributed by atoms with van der Waals surface area (Å²) >= 11 is 0. The van der Waals surface area contributed by atoms with Gasteiger partial charge in [-0.15, -0.1) is 0 Å². The summed E-state index contributed by atoms with van der Waals surface area (Å²) in [5, 5.41) is 0. The van der Waals surface area contributed by atoms with Crippen LogP contribution in [0.3, 0.4) is 0 Å². The average molecular weight is 398 g/mol. The van der Waals surface area contributed by atoms with E-state index in [9.17, 15) is 14.0 Å². The fourth-order valence-electron chi connectivity index (χ4n) is 3.55. The lowest BCUT2D eigenvalue weighted by molar-refractivity contribution is -0.133. The third kappa shape index (κ3) is 4.75. The molecule has 0 atom stereocenters. The van der Waals surface area contributed by atoms with E-state index in [1.165, 1.54) is 12.1 Å². The van der Waals surface area contributed by atoms with Crippen LogP contribution >= 0.6 is 0 Å². The van der Waals surface area contributed by atoms with E-state index in [1.807, 2.05) is 32.9 Å². The molecule has 2 amide bonds. The minimum Gasteiger partial charge on any atom is -0.483 e. The zero-order chi connectivity index (χ0) is 21.0. The summed E-state index contributed by atoms with van der Waals surface area (Å²) in [6.45, 7) is 7.76. The average Bonchev–Trinajstić information content (AvgIpc) is 2.97. The van der Waals surface area contributed by atoms with Gasteiger partial charge in [-0.1, -0.05) is 24.3 Å². The number of ether oxygens (including phenoxy) is 1. The Morgan fingerprint density at radius 3 is 2.34 bits per heavy atom. The van der Waals surface area contributed by atoms with Gasteiger partial charge in [0.05, 0.1) is 5.56 Å². The van der Waals surface area contributed by atoms with E-state index in [1.54, 1.807) is 21.9 Å². The fraction of sp³-hybridized carbons (Fsp3) is 0.391. The highest BCUT2D eigenvalue weighted by Crippen LogP contribution is 2.25.